The van der Waals surface area contributed by atoms with Gasteiger partial charge in [0.15, 0.2) is 0 Å². The van der Waals surface area contributed by atoms with E-state index in [-0.39, 0.29) is 0 Å². The van der Waals surface area contributed by atoms with E-state index >= 15 is 0 Å². The van der Waals surface area contributed by atoms with Crippen molar-refractivity contribution in [1.82, 2.24) is 14.9 Å². The van der Waals surface area contributed by atoms with E-state index in [0.29, 0.717) is 17.4 Å². The van der Waals surface area contributed by atoms with Gasteiger partial charge < -0.3 is 19.3 Å². The van der Waals surface area contributed by atoms with Gasteiger partial charge in [-0.3, -0.25) is 0 Å². The molecule has 1 aliphatic carbocycles. The number of piperidine rings is 1. The zero-order chi connectivity index (χ0) is 22.1. The molecule has 2 aromatic rings. The van der Waals surface area contributed by atoms with Crippen LogP contribution in [-0.2, 0) is 4.74 Å². The second kappa shape index (κ2) is 9.22. The molecule has 1 saturated carbocycles. The molecule has 33 heavy (non-hydrogen) atoms. The van der Waals surface area contributed by atoms with Crippen LogP contribution in [-0.4, -0.2) is 66.4 Å². The van der Waals surface area contributed by atoms with Crippen molar-refractivity contribution in [1.29, 1.82) is 0 Å². The van der Waals surface area contributed by atoms with Crippen molar-refractivity contribution in [2.45, 2.75) is 63.0 Å². The summed E-state index contributed by atoms with van der Waals surface area (Å²) in [6.45, 7) is 6.42. The fourth-order valence-corrected chi connectivity index (χ4v) is 6.65. The average Bonchev–Trinajstić information content (AvgIpc) is 3.31. The molecule has 3 aliphatic heterocycles. The molecule has 0 radical (unpaired) electrons. The van der Waals surface area contributed by atoms with E-state index in [1.165, 1.54) is 69.5 Å². The third-order valence-corrected chi connectivity index (χ3v) is 8.51. The molecule has 0 amide bonds. The Hall–Kier alpha value is -2.18. The average molecular weight is 449 g/mol. The number of para-hydroxylation sites is 1. The summed E-state index contributed by atoms with van der Waals surface area (Å²) in [6, 6.07) is 9.54. The minimum Gasteiger partial charge on any atom is -0.490 e. The largest absolute Gasteiger partial charge is 0.490 e. The van der Waals surface area contributed by atoms with Crippen molar-refractivity contribution in [2.75, 3.05) is 44.3 Å². The van der Waals surface area contributed by atoms with Crippen molar-refractivity contribution in [3.05, 3.63) is 48.5 Å². The van der Waals surface area contributed by atoms with Crippen molar-refractivity contribution in [3.63, 3.8) is 0 Å². The van der Waals surface area contributed by atoms with Crippen LogP contribution < -0.4 is 9.64 Å². The number of nitrogens with zero attached hydrogens (tertiary/aromatic N) is 4. The van der Waals surface area contributed by atoms with Gasteiger partial charge in [-0.25, -0.2) is 9.97 Å². The van der Waals surface area contributed by atoms with Crippen molar-refractivity contribution >= 4 is 5.69 Å². The first-order valence-electron chi connectivity index (χ1n) is 12.9. The van der Waals surface area contributed by atoms with Crippen molar-refractivity contribution in [2.24, 2.45) is 5.41 Å². The molecule has 3 saturated heterocycles. The first-order valence-corrected chi connectivity index (χ1v) is 12.9. The molecule has 0 unspecified atom stereocenters. The van der Waals surface area contributed by atoms with E-state index in [0.717, 1.165) is 37.8 Å². The normalized spacial score (nSPS) is 26.4. The lowest BCUT2D eigenvalue weighted by Crippen LogP contribution is -2.56. The van der Waals surface area contributed by atoms with Crippen LogP contribution in [0.15, 0.2) is 43.0 Å². The van der Waals surface area contributed by atoms with E-state index in [2.05, 4.69) is 44.0 Å². The number of likely N-dealkylation sites (tertiary alicyclic amines) is 1. The molecule has 6 nitrogen and oxygen atoms in total. The lowest BCUT2D eigenvalue weighted by molar-refractivity contribution is 0.0248. The van der Waals surface area contributed by atoms with Gasteiger partial charge in [0, 0.05) is 37.4 Å². The number of anilines is 1. The number of benzene rings is 1. The zero-order valence-electron chi connectivity index (χ0n) is 19.6. The Bertz CT molecular complexity index is 919. The second-order valence-electron chi connectivity index (χ2n) is 10.6. The Morgan fingerprint density at radius 1 is 0.939 bits per heavy atom. The van der Waals surface area contributed by atoms with Gasteiger partial charge in [-0.15, -0.1) is 0 Å². The lowest BCUT2D eigenvalue weighted by Gasteiger charge is -2.50. The first kappa shape index (κ1) is 21.4. The van der Waals surface area contributed by atoms with Gasteiger partial charge in [0.1, 0.15) is 18.2 Å². The highest BCUT2D eigenvalue weighted by Gasteiger charge is 2.49. The maximum Gasteiger partial charge on any atom is 0.123 e. The molecule has 4 heterocycles. The standard InChI is InChI=1S/C27H36N4O2/c1-2-4-26(33-24-8-13-32-14-9-24)25(3-1)21-6-11-30(12-7-21)22-5-10-27(15-22)18-31(19-27)23-16-28-20-29-17-23/h1-4,16-17,20-22,24H,5-15,18-19H2/t22-/m1/s1. The van der Waals surface area contributed by atoms with Crippen molar-refractivity contribution in [3.8, 4) is 5.75 Å². The Morgan fingerprint density at radius 2 is 1.70 bits per heavy atom. The molecule has 4 fully saturated rings. The van der Waals surface area contributed by atoms with E-state index in [9.17, 15) is 0 Å². The number of hydrogen-bond acceptors (Lipinski definition) is 6. The van der Waals surface area contributed by atoms with Crippen molar-refractivity contribution < 1.29 is 9.47 Å². The SMILES string of the molecule is c1ccc(C2CCN([C@@H]3CCC4(C3)CN(c3cncnc3)C4)CC2)c(OC2CCOCC2)c1. The van der Waals surface area contributed by atoms with Gasteiger partial charge >= 0.3 is 0 Å². The van der Waals surface area contributed by atoms with Crippen LogP contribution in [0.1, 0.15) is 56.4 Å². The fourth-order valence-electron chi connectivity index (χ4n) is 6.65. The predicted octanol–water partition coefficient (Wildman–Crippen LogP) is 4.27. The molecular weight excluding hydrogens is 412 g/mol. The monoisotopic (exact) mass is 448 g/mol. The summed E-state index contributed by atoms with van der Waals surface area (Å²) in [5, 5.41) is 0. The Morgan fingerprint density at radius 3 is 2.48 bits per heavy atom. The van der Waals surface area contributed by atoms with Crippen LogP contribution in [0.4, 0.5) is 5.69 Å². The summed E-state index contributed by atoms with van der Waals surface area (Å²) in [7, 11) is 0. The molecule has 6 heteroatoms. The topological polar surface area (TPSA) is 50.7 Å². The summed E-state index contributed by atoms with van der Waals surface area (Å²) >= 11 is 0. The minimum absolute atomic E-state index is 0.305. The smallest absolute Gasteiger partial charge is 0.123 e. The molecule has 0 bridgehead atoms. The molecule has 1 aromatic heterocycles. The summed E-state index contributed by atoms with van der Waals surface area (Å²) in [4.78, 5) is 13.6. The maximum atomic E-state index is 6.46. The van der Waals surface area contributed by atoms with E-state index in [4.69, 9.17) is 9.47 Å². The van der Waals surface area contributed by atoms with E-state index in [1.807, 2.05) is 12.4 Å². The van der Waals surface area contributed by atoms with Crippen LogP contribution in [0.5, 0.6) is 5.75 Å². The van der Waals surface area contributed by atoms with Crippen LogP contribution in [0.25, 0.3) is 0 Å². The lowest BCUT2D eigenvalue weighted by atomic mass is 9.77. The molecule has 0 N–H and O–H groups in total. The Kier molecular flexibility index (Phi) is 5.97. The molecule has 176 valence electrons. The maximum absolute atomic E-state index is 6.46. The number of ether oxygens (including phenoxy) is 2. The van der Waals surface area contributed by atoms with Gasteiger partial charge in [-0.1, -0.05) is 18.2 Å². The van der Waals surface area contributed by atoms with Gasteiger partial charge in [0.05, 0.1) is 31.3 Å². The third kappa shape index (κ3) is 4.47. The molecule has 1 spiro atoms. The summed E-state index contributed by atoms with van der Waals surface area (Å²) in [5.74, 6) is 1.73. The van der Waals surface area contributed by atoms with Crippen LogP contribution >= 0.6 is 0 Å². The minimum atomic E-state index is 0.305. The third-order valence-electron chi connectivity index (χ3n) is 8.51. The molecular formula is C27H36N4O2. The van der Waals surface area contributed by atoms with Gasteiger partial charge in [-0.2, -0.15) is 0 Å². The van der Waals surface area contributed by atoms with E-state index < -0.39 is 0 Å². The molecule has 6 rings (SSSR count). The quantitative estimate of drug-likeness (QED) is 0.681. The number of aromatic nitrogens is 2. The molecule has 4 aliphatic rings. The first-order chi connectivity index (χ1) is 16.3. The molecule has 1 atom stereocenters. The van der Waals surface area contributed by atoms with Crippen LogP contribution in [0, 0.1) is 5.41 Å². The Balaban J connectivity index is 1.03. The highest BCUT2D eigenvalue weighted by Crippen LogP contribution is 2.49. The van der Waals surface area contributed by atoms with Gasteiger partial charge in [-0.05, 0) is 62.7 Å². The fraction of sp³-hybridized carbons (Fsp3) is 0.630. The van der Waals surface area contributed by atoms with Gasteiger partial charge in [0.2, 0.25) is 0 Å². The summed E-state index contributed by atoms with van der Waals surface area (Å²) in [6.07, 6.45) is 14.4. The second-order valence-corrected chi connectivity index (χ2v) is 10.6. The molecule has 1 aromatic carbocycles. The zero-order valence-corrected chi connectivity index (χ0v) is 19.6. The summed E-state index contributed by atoms with van der Waals surface area (Å²) in [5.41, 5.74) is 3.11. The van der Waals surface area contributed by atoms with Crippen LogP contribution in [0.2, 0.25) is 0 Å². The highest BCUT2D eigenvalue weighted by atomic mass is 16.5. The number of rotatable bonds is 5. The van der Waals surface area contributed by atoms with E-state index in [1.54, 1.807) is 6.33 Å². The summed E-state index contributed by atoms with van der Waals surface area (Å²) < 4.78 is 12.0. The Labute approximate surface area is 197 Å². The number of hydrogen-bond donors (Lipinski definition) is 0. The highest BCUT2D eigenvalue weighted by molar-refractivity contribution is 5.46. The predicted molar refractivity (Wildman–Crippen MR) is 129 cm³/mol. The van der Waals surface area contributed by atoms with Gasteiger partial charge in [0.25, 0.3) is 0 Å². The van der Waals surface area contributed by atoms with Crippen LogP contribution in [0.3, 0.4) is 0 Å².